The minimum absolute atomic E-state index is 0.389. The number of aliphatic carboxylic acids is 2. The van der Waals surface area contributed by atoms with Crippen molar-refractivity contribution in [1.82, 2.24) is 0 Å². The molecule has 0 spiro atoms. The Morgan fingerprint density at radius 3 is 1.41 bits per heavy atom. The van der Waals surface area contributed by atoms with Gasteiger partial charge in [-0.2, -0.15) is 0 Å². The van der Waals surface area contributed by atoms with Gasteiger partial charge in [-0.3, -0.25) is 0 Å². The van der Waals surface area contributed by atoms with Gasteiger partial charge in [-0.15, -0.1) is 0 Å². The summed E-state index contributed by atoms with van der Waals surface area (Å²) in [6.45, 7) is 2.95. The number of carboxylic acids is 2. The standard InChI is InChI=1S/C26H22O6/c1-15-3-5-17-7-9-21(31-13-23(27)28)25(19(17)11-15)26-20-12-16(2)4-6-18(20)8-10-22(26)32-14-24(29)30/h3-12H,13-14H2,1-2H3,(H,27,28)(H,29,30). The lowest BCUT2D eigenvalue weighted by Gasteiger charge is -2.19. The number of rotatable bonds is 7. The predicted molar refractivity (Wildman–Crippen MR) is 123 cm³/mol. The predicted octanol–water partition coefficient (Wildman–Crippen LogP) is 5.20. The van der Waals surface area contributed by atoms with E-state index in [1.54, 1.807) is 12.1 Å². The second-order valence-corrected chi connectivity index (χ2v) is 7.69. The maximum Gasteiger partial charge on any atom is 0.341 e. The second-order valence-electron chi connectivity index (χ2n) is 7.69. The van der Waals surface area contributed by atoms with Crippen molar-refractivity contribution in [2.24, 2.45) is 0 Å². The SMILES string of the molecule is Cc1ccc2ccc(OCC(=O)O)c(-c3c(OCC(=O)O)ccc4ccc(C)cc34)c2c1. The van der Waals surface area contributed by atoms with Gasteiger partial charge in [0.25, 0.3) is 0 Å². The third kappa shape index (κ3) is 4.21. The van der Waals surface area contributed by atoms with Crippen LogP contribution in [0.4, 0.5) is 0 Å². The smallest absolute Gasteiger partial charge is 0.341 e. The molecule has 0 aliphatic heterocycles. The van der Waals surface area contributed by atoms with E-state index in [0.29, 0.717) is 22.6 Å². The molecular weight excluding hydrogens is 408 g/mol. The van der Waals surface area contributed by atoms with Crippen LogP contribution in [0.25, 0.3) is 32.7 Å². The molecule has 162 valence electrons. The van der Waals surface area contributed by atoms with Gasteiger partial charge in [0.2, 0.25) is 0 Å². The molecule has 6 heteroatoms. The van der Waals surface area contributed by atoms with Crippen LogP contribution in [0.5, 0.6) is 11.5 Å². The minimum Gasteiger partial charge on any atom is -0.481 e. The first-order valence-electron chi connectivity index (χ1n) is 10.1. The van der Waals surface area contributed by atoms with Gasteiger partial charge in [0.05, 0.1) is 0 Å². The average Bonchev–Trinajstić information content (AvgIpc) is 2.75. The minimum atomic E-state index is -1.09. The molecule has 0 heterocycles. The Bertz CT molecular complexity index is 1250. The summed E-state index contributed by atoms with van der Waals surface area (Å²) in [6.07, 6.45) is 0. The van der Waals surface area contributed by atoms with Crippen LogP contribution in [0.2, 0.25) is 0 Å². The van der Waals surface area contributed by atoms with Crippen molar-refractivity contribution < 1.29 is 29.3 Å². The van der Waals surface area contributed by atoms with Crippen LogP contribution in [0.1, 0.15) is 11.1 Å². The summed E-state index contributed by atoms with van der Waals surface area (Å²) in [4.78, 5) is 22.4. The number of hydrogen-bond donors (Lipinski definition) is 2. The van der Waals surface area contributed by atoms with Crippen LogP contribution in [-0.4, -0.2) is 35.4 Å². The van der Waals surface area contributed by atoms with Gasteiger partial charge in [-0.1, -0.05) is 59.7 Å². The molecule has 0 aliphatic rings. The van der Waals surface area contributed by atoms with Crippen molar-refractivity contribution in [3.63, 3.8) is 0 Å². The third-order valence-electron chi connectivity index (χ3n) is 5.23. The number of fused-ring (bicyclic) bond motifs is 2. The van der Waals surface area contributed by atoms with E-state index < -0.39 is 25.2 Å². The Balaban J connectivity index is 2.10. The first-order chi connectivity index (χ1) is 15.3. The molecule has 0 amide bonds. The summed E-state index contributed by atoms with van der Waals surface area (Å²) < 4.78 is 11.4. The molecule has 4 rings (SSSR count). The van der Waals surface area contributed by atoms with Crippen LogP contribution in [0, 0.1) is 13.8 Å². The van der Waals surface area contributed by atoms with Crippen molar-refractivity contribution in [2.75, 3.05) is 13.2 Å². The zero-order chi connectivity index (χ0) is 22.8. The Morgan fingerprint density at radius 2 is 1.03 bits per heavy atom. The fourth-order valence-corrected chi connectivity index (χ4v) is 3.86. The lowest BCUT2D eigenvalue weighted by atomic mass is 9.91. The quantitative estimate of drug-likeness (QED) is 0.418. The fourth-order valence-electron chi connectivity index (χ4n) is 3.86. The highest BCUT2D eigenvalue weighted by molar-refractivity contribution is 6.10. The van der Waals surface area contributed by atoms with Crippen molar-refractivity contribution in [2.45, 2.75) is 13.8 Å². The molecule has 0 fully saturated rings. The molecule has 0 atom stereocenters. The monoisotopic (exact) mass is 430 g/mol. The number of benzene rings is 4. The first-order valence-corrected chi connectivity index (χ1v) is 10.1. The van der Waals surface area contributed by atoms with E-state index in [2.05, 4.69) is 0 Å². The van der Waals surface area contributed by atoms with Gasteiger partial charge in [-0.05, 0) is 47.5 Å². The number of hydrogen-bond acceptors (Lipinski definition) is 4. The van der Waals surface area contributed by atoms with E-state index >= 15 is 0 Å². The molecule has 0 saturated carbocycles. The van der Waals surface area contributed by atoms with E-state index in [1.165, 1.54) is 0 Å². The molecule has 0 unspecified atom stereocenters. The van der Waals surface area contributed by atoms with Crippen molar-refractivity contribution in [1.29, 1.82) is 0 Å². The molecule has 4 aromatic carbocycles. The highest BCUT2D eigenvalue weighted by atomic mass is 16.5. The zero-order valence-corrected chi connectivity index (χ0v) is 17.7. The van der Waals surface area contributed by atoms with E-state index in [4.69, 9.17) is 9.47 Å². The summed E-state index contributed by atoms with van der Waals surface area (Å²) in [5.41, 5.74) is 3.39. The topological polar surface area (TPSA) is 93.1 Å². The van der Waals surface area contributed by atoms with Crippen LogP contribution in [-0.2, 0) is 9.59 Å². The first kappa shape index (κ1) is 21.2. The lowest BCUT2D eigenvalue weighted by Crippen LogP contribution is -2.11. The number of aryl methyl sites for hydroxylation is 2. The van der Waals surface area contributed by atoms with Crippen LogP contribution in [0.3, 0.4) is 0 Å². The Hall–Kier alpha value is -4.06. The molecule has 4 aromatic rings. The highest BCUT2D eigenvalue weighted by Gasteiger charge is 2.20. The summed E-state index contributed by atoms with van der Waals surface area (Å²) in [6, 6.07) is 19.2. The summed E-state index contributed by atoms with van der Waals surface area (Å²) in [5.74, 6) is -1.40. The number of ether oxygens (including phenoxy) is 2. The van der Waals surface area contributed by atoms with Crippen LogP contribution >= 0.6 is 0 Å². The molecule has 2 N–H and O–H groups in total. The average molecular weight is 430 g/mol. The van der Waals surface area contributed by atoms with Crippen LogP contribution < -0.4 is 9.47 Å². The van der Waals surface area contributed by atoms with E-state index in [-0.39, 0.29) is 0 Å². The second kappa shape index (κ2) is 8.59. The van der Waals surface area contributed by atoms with Crippen molar-refractivity contribution >= 4 is 33.5 Å². The Kier molecular flexibility index (Phi) is 5.69. The van der Waals surface area contributed by atoms with E-state index in [1.807, 2.05) is 62.4 Å². The molecule has 0 saturated heterocycles. The molecule has 0 radical (unpaired) electrons. The lowest BCUT2D eigenvalue weighted by molar-refractivity contribution is -0.140. The maximum absolute atomic E-state index is 11.2. The maximum atomic E-state index is 11.2. The number of carbonyl (C=O) groups is 2. The van der Waals surface area contributed by atoms with Crippen molar-refractivity contribution in [3.05, 3.63) is 71.8 Å². The third-order valence-corrected chi connectivity index (χ3v) is 5.23. The zero-order valence-electron chi connectivity index (χ0n) is 17.7. The van der Waals surface area contributed by atoms with E-state index in [9.17, 15) is 19.8 Å². The molecular formula is C26H22O6. The molecule has 0 aromatic heterocycles. The van der Waals surface area contributed by atoms with Gasteiger partial charge in [0.15, 0.2) is 13.2 Å². The molecule has 0 aliphatic carbocycles. The van der Waals surface area contributed by atoms with Gasteiger partial charge in [0.1, 0.15) is 11.5 Å². The number of carboxylic acid groups (broad SMARTS) is 2. The summed E-state index contributed by atoms with van der Waals surface area (Å²) >= 11 is 0. The van der Waals surface area contributed by atoms with Crippen molar-refractivity contribution in [3.8, 4) is 22.6 Å². The molecule has 0 bridgehead atoms. The van der Waals surface area contributed by atoms with Gasteiger partial charge in [-0.25, -0.2) is 9.59 Å². The summed E-state index contributed by atoms with van der Waals surface area (Å²) in [5, 5.41) is 22.0. The molecule has 6 nitrogen and oxygen atoms in total. The Morgan fingerprint density at radius 1 is 0.656 bits per heavy atom. The molecule has 32 heavy (non-hydrogen) atoms. The largest absolute Gasteiger partial charge is 0.481 e. The van der Waals surface area contributed by atoms with E-state index in [0.717, 1.165) is 32.7 Å². The van der Waals surface area contributed by atoms with Crippen LogP contribution in [0.15, 0.2) is 60.7 Å². The van der Waals surface area contributed by atoms with Gasteiger partial charge in [0, 0.05) is 11.1 Å². The fraction of sp³-hybridized carbons (Fsp3) is 0.154. The van der Waals surface area contributed by atoms with Gasteiger partial charge < -0.3 is 19.7 Å². The summed E-state index contributed by atoms with van der Waals surface area (Å²) in [7, 11) is 0. The Labute approximate surface area is 184 Å². The highest BCUT2D eigenvalue weighted by Crippen LogP contribution is 2.45. The van der Waals surface area contributed by atoms with Gasteiger partial charge >= 0.3 is 11.9 Å². The normalized spacial score (nSPS) is 10.9.